The normalized spacial score (nSPS) is 16.6. The van der Waals surface area contributed by atoms with Crippen LogP contribution < -0.4 is 0 Å². The number of hydrogen-bond acceptors (Lipinski definition) is 4. The van der Waals surface area contributed by atoms with Gasteiger partial charge in [0.15, 0.2) is 0 Å². The second kappa shape index (κ2) is 6.43. The van der Waals surface area contributed by atoms with Crippen molar-refractivity contribution < 1.29 is 19.1 Å². The van der Waals surface area contributed by atoms with Crippen molar-refractivity contribution in [2.75, 3.05) is 0 Å². The lowest BCUT2D eigenvalue weighted by atomic mass is 9.79. The summed E-state index contributed by atoms with van der Waals surface area (Å²) in [6.07, 6.45) is 1.92. The lowest BCUT2D eigenvalue weighted by molar-refractivity contribution is -0.151. The zero-order valence-electron chi connectivity index (χ0n) is 13.3. The third kappa shape index (κ3) is 3.53. The van der Waals surface area contributed by atoms with Gasteiger partial charge >= 0.3 is 5.97 Å². The fourth-order valence-corrected chi connectivity index (χ4v) is 3.73. The molecular formula is C18H18FNO3S. The van der Waals surface area contributed by atoms with Gasteiger partial charge in [0.2, 0.25) is 0 Å². The van der Waals surface area contributed by atoms with Gasteiger partial charge in [0.1, 0.15) is 16.6 Å². The van der Waals surface area contributed by atoms with E-state index in [1.54, 1.807) is 24.4 Å². The van der Waals surface area contributed by atoms with E-state index < -0.39 is 11.4 Å². The second-order valence-corrected chi connectivity index (χ2v) is 7.40. The van der Waals surface area contributed by atoms with Crippen LogP contribution in [0, 0.1) is 17.2 Å². The minimum atomic E-state index is -0.965. The number of aliphatic carboxylic acids is 1. The number of ketones is 1. The SMILES string of the molecule is CC(CC(=O)Cc1csc(-c2ccc(F)cc2)n1)(C(=O)O)C1CC1. The molecule has 1 unspecified atom stereocenters. The molecule has 0 aliphatic heterocycles. The summed E-state index contributed by atoms with van der Waals surface area (Å²) in [6, 6.07) is 6.04. The van der Waals surface area contributed by atoms with Crippen LogP contribution in [0.3, 0.4) is 0 Å². The predicted molar refractivity (Wildman–Crippen MR) is 89.3 cm³/mol. The van der Waals surface area contributed by atoms with Gasteiger partial charge < -0.3 is 5.11 Å². The molecule has 6 heteroatoms. The first-order valence-electron chi connectivity index (χ1n) is 7.84. The number of Topliss-reactive ketones (excluding diaryl/α,β-unsaturated/α-hetero) is 1. The summed E-state index contributed by atoms with van der Waals surface area (Å²) in [5, 5.41) is 12.0. The summed E-state index contributed by atoms with van der Waals surface area (Å²) < 4.78 is 13.0. The Labute approximate surface area is 143 Å². The smallest absolute Gasteiger partial charge is 0.310 e. The largest absolute Gasteiger partial charge is 0.481 e. The number of carboxylic acid groups (broad SMARTS) is 1. The average Bonchev–Trinajstić information content (AvgIpc) is 3.29. The topological polar surface area (TPSA) is 67.3 Å². The monoisotopic (exact) mass is 347 g/mol. The van der Waals surface area contributed by atoms with Gasteiger partial charge in [-0.05, 0) is 49.9 Å². The van der Waals surface area contributed by atoms with Crippen LogP contribution in [0.1, 0.15) is 31.9 Å². The van der Waals surface area contributed by atoms with Crippen molar-refractivity contribution in [3.63, 3.8) is 0 Å². The summed E-state index contributed by atoms with van der Waals surface area (Å²) in [5.41, 5.74) is 0.466. The molecule has 0 saturated heterocycles. The van der Waals surface area contributed by atoms with E-state index in [4.69, 9.17) is 0 Å². The Hall–Kier alpha value is -2.08. The maximum Gasteiger partial charge on any atom is 0.310 e. The Kier molecular flexibility index (Phi) is 4.49. The van der Waals surface area contributed by atoms with E-state index in [-0.39, 0.29) is 30.4 Å². The van der Waals surface area contributed by atoms with Crippen LogP contribution in [0.25, 0.3) is 10.6 Å². The first-order valence-corrected chi connectivity index (χ1v) is 8.72. The molecule has 2 aromatic rings. The minimum absolute atomic E-state index is 0.0381. The molecule has 0 radical (unpaired) electrons. The molecular weight excluding hydrogens is 329 g/mol. The van der Waals surface area contributed by atoms with Crippen LogP contribution in [-0.4, -0.2) is 21.8 Å². The molecule has 1 atom stereocenters. The molecule has 1 heterocycles. The highest BCUT2D eigenvalue weighted by Gasteiger charge is 2.48. The maximum absolute atomic E-state index is 13.0. The highest BCUT2D eigenvalue weighted by Crippen LogP contribution is 2.48. The number of hydrogen-bond donors (Lipinski definition) is 1. The summed E-state index contributed by atoms with van der Waals surface area (Å²) >= 11 is 1.39. The lowest BCUT2D eigenvalue weighted by Crippen LogP contribution is -2.33. The molecule has 126 valence electrons. The first kappa shape index (κ1) is 16.8. The molecule has 0 amide bonds. The number of rotatable bonds is 7. The van der Waals surface area contributed by atoms with Crippen LogP contribution >= 0.6 is 11.3 Å². The number of benzene rings is 1. The van der Waals surface area contributed by atoms with Gasteiger partial charge in [0, 0.05) is 23.8 Å². The molecule has 24 heavy (non-hydrogen) atoms. The Morgan fingerprint density at radius 2 is 2.00 bits per heavy atom. The van der Waals surface area contributed by atoms with Crippen LogP contribution in [0.4, 0.5) is 4.39 Å². The molecule has 0 spiro atoms. The molecule has 1 aromatic carbocycles. The second-order valence-electron chi connectivity index (χ2n) is 6.54. The van der Waals surface area contributed by atoms with E-state index in [1.807, 2.05) is 0 Å². The molecule has 1 aliphatic carbocycles. The zero-order valence-corrected chi connectivity index (χ0v) is 14.1. The molecule has 1 aliphatic rings. The van der Waals surface area contributed by atoms with E-state index in [0.29, 0.717) is 5.69 Å². The fourth-order valence-electron chi connectivity index (χ4n) is 2.90. The molecule has 1 saturated carbocycles. The van der Waals surface area contributed by atoms with Gasteiger partial charge in [-0.1, -0.05) is 0 Å². The number of carbonyl (C=O) groups is 2. The van der Waals surface area contributed by atoms with Crippen molar-refractivity contribution in [3.05, 3.63) is 41.2 Å². The molecule has 4 nitrogen and oxygen atoms in total. The van der Waals surface area contributed by atoms with Crippen molar-refractivity contribution in [1.82, 2.24) is 4.98 Å². The Morgan fingerprint density at radius 1 is 1.33 bits per heavy atom. The molecule has 1 N–H and O–H groups in total. The Morgan fingerprint density at radius 3 is 2.58 bits per heavy atom. The highest BCUT2D eigenvalue weighted by atomic mass is 32.1. The van der Waals surface area contributed by atoms with E-state index in [0.717, 1.165) is 23.4 Å². The Bertz CT molecular complexity index is 767. The summed E-state index contributed by atoms with van der Waals surface area (Å²) in [4.78, 5) is 28.2. The van der Waals surface area contributed by atoms with Gasteiger partial charge in [-0.15, -0.1) is 11.3 Å². The first-order chi connectivity index (χ1) is 11.4. The van der Waals surface area contributed by atoms with Gasteiger partial charge in [-0.25, -0.2) is 9.37 Å². The Balaban J connectivity index is 1.67. The molecule has 1 aromatic heterocycles. The number of carbonyl (C=O) groups excluding carboxylic acids is 1. The van der Waals surface area contributed by atoms with Crippen molar-refractivity contribution in [3.8, 4) is 10.6 Å². The third-order valence-electron chi connectivity index (χ3n) is 4.55. The van der Waals surface area contributed by atoms with E-state index in [9.17, 15) is 19.1 Å². The van der Waals surface area contributed by atoms with Gasteiger partial charge in [0.25, 0.3) is 0 Å². The summed E-state index contributed by atoms with van der Waals surface area (Å²) in [6.45, 7) is 1.66. The van der Waals surface area contributed by atoms with E-state index in [1.165, 1.54) is 23.5 Å². The molecule has 0 bridgehead atoms. The van der Waals surface area contributed by atoms with Crippen molar-refractivity contribution in [1.29, 1.82) is 0 Å². The van der Waals surface area contributed by atoms with E-state index >= 15 is 0 Å². The van der Waals surface area contributed by atoms with Crippen LogP contribution in [0.2, 0.25) is 0 Å². The van der Waals surface area contributed by atoms with Crippen molar-refractivity contribution in [2.24, 2.45) is 11.3 Å². The fraction of sp³-hybridized carbons (Fsp3) is 0.389. The van der Waals surface area contributed by atoms with Crippen molar-refractivity contribution >= 4 is 23.1 Å². The number of carboxylic acids is 1. The summed E-state index contributed by atoms with van der Waals surface area (Å²) in [5.74, 6) is -1.21. The van der Waals surface area contributed by atoms with E-state index in [2.05, 4.69) is 4.98 Å². The molecule has 3 rings (SSSR count). The highest BCUT2D eigenvalue weighted by molar-refractivity contribution is 7.13. The molecule has 1 fully saturated rings. The number of halogens is 1. The van der Waals surface area contributed by atoms with Gasteiger partial charge in [0.05, 0.1) is 11.1 Å². The standard InChI is InChI=1S/C18H18FNO3S/c1-18(17(22)23,12-4-5-12)9-15(21)8-14-10-24-16(20-14)11-2-6-13(19)7-3-11/h2-3,6-7,10,12H,4-5,8-9H2,1H3,(H,22,23). The van der Waals surface area contributed by atoms with Crippen LogP contribution in [0.5, 0.6) is 0 Å². The number of nitrogens with zero attached hydrogens (tertiary/aromatic N) is 1. The van der Waals surface area contributed by atoms with Crippen LogP contribution in [-0.2, 0) is 16.0 Å². The van der Waals surface area contributed by atoms with Gasteiger partial charge in [-0.3, -0.25) is 9.59 Å². The predicted octanol–water partition coefficient (Wildman–Crippen LogP) is 3.95. The quantitative estimate of drug-likeness (QED) is 0.823. The number of aromatic nitrogens is 1. The van der Waals surface area contributed by atoms with Crippen LogP contribution in [0.15, 0.2) is 29.6 Å². The third-order valence-corrected chi connectivity index (χ3v) is 5.49. The zero-order chi connectivity index (χ0) is 17.3. The maximum atomic E-state index is 13.0. The van der Waals surface area contributed by atoms with Gasteiger partial charge in [-0.2, -0.15) is 0 Å². The van der Waals surface area contributed by atoms with Crippen molar-refractivity contribution in [2.45, 2.75) is 32.6 Å². The number of thiazole rings is 1. The lowest BCUT2D eigenvalue weighted by Gasteiger charge is -2.23. The summed E-state index contributed by atoms with van der Waals surface area (Å²) in [7, 11) is 0. The average molecular weight is 347 g/mol. The minimum Gasteiger partial charge on any atom is -0.481 e.